The molecule has 1 amide bonds. The number of nitrogens with zero attached hydrogens (tertiary/aromatic N) is 5. The topological polar surface area (TPSA) is 93.1 Å². The Labute approximate surface area is 185 Å². The summed E-state index contributed by atoms with van der Waals surface area (Å²) in [5, 5.41) is 3.20. The summed E-state index contributed by atoms with van der Waals surface area (Å²) < 4.78 is 18.7. The summed E-state index contributed by atoms with van der Waals surface area (Å²) in [6.45, 7) is 8.02. The Balaban J connectivity index is 1.49. The molecule has 166 valence electrons. The molecular weight excluding hydrogens is 411 g/mol. The zero-order valence-corrected chi connectivity index (χ0v) is 18.4. The number of nitrogens with one attached hydrogen (secondary N) is 1. The van der Waals surface area contributed by atoms with Crippen molar-refractivity contribution in [3.63, 3.8) is 0 Å². The Morgan fingerprint density at radius 2 is 1.91 bits per heavy atom. The second kappa shape index (κ2) is 8.86. The van der Waals surface area contributed by atoms with Crippen molar-refractivity contribution in [2.75, 3.05) is 16.8 Å². The van der Waals surface area contributed by atoms with E-state index in [0.717, 1.165) is 16.8 Å². The highest BCUT2D eigenvalue weighted by molar-refractivity contribution is 5.88. The second-order valence-corrected chi connectivity index (χ2v) is 8.17. The van der Waals surface area contributed by atoms with Crippen molar-refractivity contribution in [3.8, 4) is 11.1 Å². The fourth-order valence-corrected chi connectivity index (χ4v) is 3.55. The SMILES string of the molecule is Cc1cc(-c2ccc([C@H](C)Nc3ncnc(N4C(=O)OC[C@@H]4C(C)C)n3)nc2)ccc1F. The number of cyclic esters (lactones) is 1. The number of carbonyl (C=O) groups is 1. The first-order valence-corrected chi connectivity index (χ1v) is 10.5. The van der Waals surface area contributed by atoms with Gasteiger partial charge in [-0.25, -0.2) is 24.1 Å². The number of halogens is 1. The molecule has 0 radical (unpaired) electrons. The van der Waals surface area contributed by atoms with Crippen LogP contribution in [0.2, 0.25) is 0 Å². The van der Waals surface area contributed by atoms with E-state index in [-0.39, 0.29) is 29.8 Å². The number of pyridine rings is 1. The maximum atomic E-state index is 13.5. The van der Waals surface area contributed by atoms with E-state index in [2.05, 4.69) is 25.3 Å². The van der Waals surface area contributed by atoms with Crippen LogP contribution in [0.3, 0.4) is 0 Å². The number of hydrogen-bond acceptors (Lipinski definition) is 7. The van der Waals surface area contributed by atoms with Gasteiger partial charge in [0.1, 0.15) is 18.8 Å². The van der Waals surface area contributed by atoms with Crippen LogP contribution in [0, 0.1) is 18.7 Å². The Hall–Kier alpha value is -3.62. The molecule has 1 aliphatic heterocycles. The van der Waals surface area contributed by atoms with E-state index in [1.54, 1.807) is 25.3 Å². The molecule has 3 heterocycles. The number of anilines is 2. The van der Waals surface area contributed by atoms with E-state index in [4.69, 9.17) is 4.74 Å². The normalized spacial score (nSPS) is 16.9. The predicted molar refractivity (Wildman–Crippen MR) is 119 cm³/mol. The van der Waals surface area contributed by atoms with Crippen LogP contribution in [-0.4, -0.2) is 38.7 Å². The van der Waals surface area contributed by atoms with Gasteiger partial charge in [0.05, 0.1) is 17.8 Å². The molecule has 1 saturated heterocycles. The summed E-state index contributed by atoms with van der Waals surface area (Å²) in [5.41, 5.74) is 3.19. The highest BCUT2D eigenvalue weighted by Gasteiger charge is 2.38. The number of aryl methyl sites for hydroxylation is 1. The maximum Gasteiger partial charge on any atom is 0.417 e. The van der Waals surface area contributed by atoms with E-state index in [0.29, 0.717) is 18.1 Å². The van der Waals surface area contributed by atoms with E-state index in [1.807, 2.05) is 32.9 Å². The van der Waals surface area contributed by atoms with Crippen LogP contribution in [0.25, 0.3) is 11.1 Å². The van der Waals surface area contributed by atoms with Crippen LogP contribution in [0.5, 0.6) is 0 Å². The number of amides is 1. The van der Waals surface area contributed by atoms with Crippen LogP contribution in [0.15, 0.2) is 42.9 Å². The first-order valence-electron chi connectivity index (χ1n) is 10.5. The molecular formula is C23H25FN6O2. The van der Waals surface area contributed by atoms with Crippen molar-refractivity contribution >= 4 is 18.0 Å². The Bertz CT molecular complexity index is 1120. The molecule has 1 aliphatic rings. The van der Waals surface area contributed by atoms with Crippen LogP contribution in [0.1, 0.15) is 38.1 Å². The standard InChI is InChI=1S/C23H25FN6O2/c1-13(2)20-11-32-23(31)30(20)22-27-12-26-21(29-22)28-15(4)19-8-6-17(10-25-19)16-5-7-18(24)14(3)9-16/h5-10,12-13,15,20H,11H2,1-4H3,(H,26,27,28,29)/t15-,20+/m0/s1. The van der Waals surface area contributed by atoms with Gasteiger partial charge < -0.3 is 10.1 Å². The summed E-state index contributed by atoms with van der Waals surface area (Å²) in [4.78, 5) is 31.0. The lowest BCUT2D eigenvalue weighted by Gasteiger charge is -2.22. The lowest BCUT2D eigenvalue weighted by molar-refractivity contribution is 0.177. The van der Waals surface area contributed by atoms with Gasteiger partial charge in [0.25, 0.3) is 0 Å². The molecule has 0 saturated carbocycles. The van der Waals surface area contributed by atoms with Gasteiger partial charge in [-0.3, -0.25) is 4.98 Å². The predicted octanol–water partition coefficient (Wildman–Crippen LogP) is 4.54. The maximum absolute atomic E-state index is 13.5. The summed E-state index contributed by atoms with van der Waals surface area (Å²) >= 11 is 0. The number of benzene rings is 1. The van der Waals surface area contributed by atoms with Crippen molar-refractivity contribution in [2.45, 2.75) is 39.8 Å². The van der Waals surface area contributed by atoms with E-state index < -0.39 is 6.09 Å². The second-order valence-electron chi connectivity index (χ2n) is 8.17. The fourth-order valence-electron chi connectivity index (χ4n) is 3.55. The average molecular weight is 436 g/mol. The third-order valence-electron chi connectivity index (χ3n) is 5.52. The van der Waals surface area contributed by atoms with Crippen molar-refractivity contribution in [3.05, 3.63) is 59.9 Å². The monoisotopic (exact) mass is 436 g/mol. The van der Waals surface area contributed by atoms with Crippen LogP contribution in [0.4, 0.5) is 21.1 Å². The zero-order chi connectivity index (χ0) is 22.8. The molecule has 4 rings (SSSR count). The summed E-state index contributed by atoms with van der Waals surface area (Å²) in [6, 6.07) is 8.52. The molecule has 2 atom stereocenters. The van der Waals surface area contributed by atoms with Gasteiger partial charge in [0, 0.05) is 11.8 Å². The molecule has 1 fully saturated rings. The summed E-state index contributed by atoms with van der Waals surface area (Å²) in [7, 11) is 0. The molecule has 1 aromatic carbocycles. The lowest BCUT2D eigenvalue weighted by atomic mass is 10.0. The van der Waals surface area contributed by atoms with Gasteiger partial charge in [0.15, 0.2) is 0 Å². The van der Waals surface area contributed by atoms with Gasteiger partial charge in [-0.1, -0.05) is 26.0 Å². The summed E-state index contributed by atoms with van der Waals surface area (Å²) in [5.74, 6) is 0.562. The minimum absolute atomic E-state index is 0.125. The quantitative estimate of drug-likeness (QED) is 0.606. The molecule has 0 aliphatic carbocycles. The van der Waals surface area contributed by atoms with Crippen LogP contribution in [-0.2, 0) is 4.74 Å². The van der Waals surface area contributed by atoms with Crippen molar-refractivity contribution in [1.82, 2.24) is 19.9 Å². The summed E-state index contributed by atoms with van der Waals surface area (Å²) in [6.07, 6.45) is 2.67. The highest BCUT2D eigenvalue weighted by atomic mass is 19.1. The Morgan fingerprint density at radius 3 is 2.59 bits per heavy atom. The minimum atomic E-state index is -0.456. The number of carbonyl (C=O) groups excluding carboxylic acids is 1. The molecule has 8 nitrogen and oxygen atoms in total. The number of ether oxygens (including phenoxy) is 1. The van der Waals surface area contributed by atoms with Crippen LogP contribution < -0.4 is 10.2 Å². The van der Waals surface area contributed by atoms with Gasteiger partial charge in [0.2, 0.25) is 11.9 Å². The van der Waals surface area contributed by atoms with E-state index >= 15 is 0 Å². The first kappa shape index (κ1) is 21.6. The minimum Gasteiger partial charge on any atom is -0.447 e. The highest BCUT2D eigenvalue weighted by Crippen LogP contribution is 2.26. The molecule has 0 spiro atoms. The molecule has 2 aromatic heterocycles. The van der Waals surface area contributed by atoms with Gasteiger partial charge >= 0.3 is 6.09 Å². The fraction of sp³-hybridized carbons (Fsp3) is 0.348. The molecule has 9 heteroatoms. The van der Waals surface area contributed by atoms with Crippen molar-refractivity contribution in [1.29, 1.82) is 0 Å². The van der Waals surface area contributed by atoms with Crippen LogP contribution >= 0.6 is 0 Å². The number of hydrogen-bond donors (Lipinski definition) is 1. The molecule has 32 heavy (non-hydrogen) atoms. The lowest BCUT2D eigenvalue weighted by Crippen LogP contribution is -2.38. The average Bonchev–Trinajstić information content (AvgIpc) is 3.18. The van der Waals surface area contributed by atoms with Crippen molar-refractivity contribution < 1.29 is 13.9 Å². The molecule has 0 unspecified atom stereocenters. The largest absolute Gasteiger partial charge is 0.447 e. The third-order valence-corrected chi connectivity index (χ3v) is 5.52. The van der Waals surface area contributed by atoms with Gasteiger partial charge in [-0.15, -0.1) is 0 Å². The Kier molecular flexibility index (Phi) is 5.98. The van der Waals surface area contributed by atoms with E-state index in [1.165, 1.54) is 17.3 Å². The number of rotatable bonds is 6. The smallest absolute Gasteiger partial charge is 0.417 e. The number of aromatic nitrogens is 4. The third kappa shape index (κ3) is 4.37. The zero-order valence-electron chi connectivity index (χ0n) is 18.4. The first-order chi connectivity index (χ1) is 15.3. The van der Waals surface area contributed by atoms with Crippen molar-refractivity contribution in [2.24, 2.45) is 5.92 Å². The Morgan fingerprint density at radius 1 is 1.12 bits per heavy atom. The molecule has 3 aromatic rings. The van der Waals surface area contributed by atoms with Gasteiger partial charge in [-0.2, -0.15) is 4.98 Å². The molecule has 0 bridgehead atoms. The van der Waals surface area contributed by atoms with Gasteiger partial charge in [-0.05, 0) is 49.1 Å². The van der Waals surface area contributed by atoms with E-state index in [9.17, 15) is 9.18 Å². The molecule has 1 N–H and O–H groups in total.